The second kappa shape index (κ2) is 5.50. The number of hydrogen-bond acceptors (Lipinski definition) is 2. The van der Waals surface area contributed by atoms with Crippen molar-refractivity contribution in [3.05, 3.63) is 0 Å². The molecule has 1 N–H and O–H groups in total. The van der Waals surface area contributed by atoms with Crippen molar-refractivity contribution in [2.75, 3.05) is 19.8 Å². The van der Waals surface area contributed by atoms with Crippen LogP contribution in [0.25, 0.3) is 0 Å². The molecule has 1 unspecified atom stereocenters. The Morgan fingerprint density at radius 2 is 2.00 bits per heavy atom. The fourth-order valence-corrected chi connectivity index (χ4v) is 3.00. The van der Waals surface area contributed by atoms with Gasteiger partial charge in [-0.05, 0) is 51.0 Å². The van der Waals surface area contributed by atoms with Gasteiger partial charge in [0.05, 0.1) is 6.61 Å². The Morgan fingerprint density at radius 3 is 2.62 bits per heavy atom. The Kier molecular flexibility index (Phi) is 4.26. The molecule has 0 bridgehead atoms. The highest BCUT2D eigenvalue weighted by molar-refractivity contribution is 4.86. The van der Waals surface area contributed by atoms with Crippen LogP contribution in [0.2, 0.25) is 0 Å². The zero-order chi connectivity index (χ0) is 11.4. The first kappa shape index (κ1) is 12.4. The topological polar surface area (TPSA) is 21.3 Å². The molecule has 94 valence electrons. The van der Waals surface area contributed by atoms with Crippen LogP contribution in [0, 0.1) is 11.8 Å². The predicted molar refractivity (Wildman–Crippen MR) is 67.6 cm³/mol. The maximum atomic E-state index is 5.58. The highest BCUT2D eigenvalue weighted by Crippen LogP contribution is 2.28. The minimum absolute atomic E-state index is 0.251. The van der Waals surface area contributed by atoms with Gasteiger partial charge in [-0.2, -0.15) is 0 Å². The summed E-state index contributed by atoms with van der Waals surface area (Å²) in [6.07, 6.45) is 8.19. The van der Waals surface area contributed by atoms with E-state index in [1.54, 1.807) is 0 Å². The Balaban J connectivity index is 1.70. The van der Waals surface area contributed by atoms with Gasteiger partial charge in [0.2, 0.25) is 0 Å². The zero-order valence-electron chi connectivity index (χ0n) is 10.9. The van der Waals surface area contributed by atoms with Crippen molar-refractivity contribution < 1.29 is 4.74 Å². The Hall–Kier alpha value is -0.0800. The van der Waals surface area contributed by atoms with Gasteiger partial charge >= 0.3 is 0 Å². The van der Waals surface area contributed by atoms with Crippen molar-refractivity contribution in [2.45, 2.75) is 57.9 Å². The van der Waals surface area contributed by atoms with Gasteiger partial charge < -0.3 is 10.1 Å². The smallest absolute Gasteiger partial charge is 0.0645 e. The summed E-state index contributed by atoms with van der Waals surface area (Å²) < 4.78 is 5.58. The molecule has 0 aromatic rings. The summed E-state index contributed by atoms with van der Waals surface area (Å²) in [5, 5.41) is 3.76. The second-order valence-electron chi connectivity index (χ2n) is 6.22. The van der Waals surface area contributed by atoms with Crippen molar-refractivity contribution in [1.82, 2.24) is 5.32 Å². The molecule has 2 heteroatoms. The maximum Gasteiger partial charge on any atom is 0.0645 e. The SMILES string of the molecule is CC1CCC(CNC2(C)CCCOC2)CC1. The first-order chi connectivity index (χ1) is 7.68. The van der Waals surface area contributed by atoms with Crippen molar-refractivity contribution >= 4 is 0 Å². The molecule has 0 radical (unpaired) electrons. The highest BCUT2D eigenvalue weighted by atomic mass is 16.5. The summed E-state index contributed by atoms with van der Waals surface area (Å²) in [7, 11) is 0. The molecule has 1 aliphatic heterocycles. The van der Waals surface area contributed by atoms with Gasteiger partial charge in [0.15, 0.2) is 0 Å². The second-order valence-corrected chi connectivity index (χ2v) is 6.22. The van der Waals surface area contributed by atoms with Gasteiger partial charge in [0.1, 0.15) is 0 Å². The third-order valence-corrected chi connectivity index (χ3v) is 4.39. The average molecular weight is 225 g/mol. The van der Waals surface area contributed by atoms with E-state index in [9.17, 15) is 0 Å². The van der Waals surface area contributed by atoms with E-state index in [2.05, 4.69) is 19.2 Å². The van der Waals surface area contributed by atoms with E-state index in [-0.39, 0.29) is 5.54 Å². The largest absolute Gasteiger partial charge is 0.380 e. The monoisotopic (exact) mass is 225 g/mol. The van der Waals surface area contributed by atoms with Gasteiger partial charge in [0.25, 0.3) is 0 Å². The first-order valence-corrected chi connectivity index (χ1v) is 7.01. The normalized spacial score (nSPS) is 40.9. The van der Waals surface area contributed by atoms with Crippen LogP contribution >= 0.6 is 0 Å². The van der Waals surface area contributed by atoms with Crippen LogP contribution in [0.1, 0.15) is 52.4 Å². The van der Waals surface area contributed by atoms with Crippen LogP contribution in [-0.2, 0) is 4.74 Å². The van der Waals surface area contributed by atoms with Crippen LogP contribution in [0.3, 0.4) is 0 Å². The molecular weight excluding hydrogens is 198 g/mol. The number of hydrogen-bond donors (Lipinski definition) is 1. The van der Waals surface area contributed by atoms with E-state index in [0.717, 1.165) is 25.0 Å². The van der Waals surface area contributed by atoms with Crippen molar-refractivity contribution in [2.24, 2.45) is 11.8 Å². The molecule has 0 amide bonds. The lowest BCUT2D eigenvalue weighted by molar-refractivity contribution is 0.0258. The minimum Gasteiger partial charge on any atom is -0.380 e. The van der Waals surface area contributed by atoms with Crippen molar-refractivity contribution in [1.29, 1.82) is 0 Å². The number of rotatable bonds is 3. The molecule has 1 aliphatic carbocycles. The fraction of sp³-hybridized carbons (Fsp3) is 1.00. The van der Waals surface area contributed by atoms with Crippen LogP contribution in [0.4, 0.5) is 0 Å². The van der Waals surface area contributed by atoms with Crippen LogP contribution in [0.5, 0.6) is 0 Å². The molecule has 0 aromatic heterocycles. The molecular formula is C14H27NO. The van der Waals surface area contributed by atoms with E-state index < -0.39 is 0 Å². The Bertz CT molecular complexity index is 203. The van der Waals surface area contributed by atoms with E-state index in [1.165, 1.54) is 45.1 Å². The lowest BCUT2D eigenvalue weighted by Gasteiger charge is -2.37. The molecule has 1 atom stereocenters. The lowest BCUT2D eigenvalue weighted by Crippen LogP contribution is -2.50. The van der Waals surface area contributed by atoms with Crippen LogP contribution in [-0.4, -0.2) is 25.3 Å². The van der Waals surface area contributed by atoms with E-state index in [0.29, 0.717) is 0 Å². The Labute approximate surface area is 100 Å². The predicted octanol–water partition coefficient (Wildman–Crippen LogP) is 2.97. The molecule has 2 nitrogen and oxygen atoms in total. The van der Waals surface area contributed by atoms with Gasteiger partial charge in [-0.3, -0.25) is 0 Å². The maximum absolute atomic E-state index is 5.58. The van der Waals surface area contributed by atoms with Gasteiger partial charge in [0, 0.05) is 12.1 Å². The van der Waals surface area contributed by atoms with Gasteiger partial charge in [-0.15, -0.1) is 0 Å². The molecule has 0 aromatic carbocycles. The molecule has 2 aliphatic rings. The summed E-state index contributed by atoms with van der Waals surface area (Å²) in [5.74, 6) is 1.87. The summed E-state index contributed by atoms with van der Waals surface area (Å²) in [4.78, 5) is 0. The molecule has 1 saturated heterocycles. The quantitative estimate of drug-likeness (QED) is 0.797. The third kappa shape index (κ3) is 3.46. The number of nitrogens with one attached hydrogen (secondary N) is 1. The van der Waals surface area contributed by atoms with Crippen molar-refractivity contribution in [3.8, 4) is 0 Å². The standard InChI is InChI=1S/C14H27NO/c1-12-4-6-13(7-5-12)10-15-14(2)8-3-9-16-11-14/h12-13,15H,3-11H2,1-2H3. The van der Waals surface area contributed by atoms with Crippen molar-refractivity contribution in [3.63, 3.8) is 0 Å². The molecule has 2 rings (SSSR count). The van der Waals surface area contributed by atoms with E-state index >= 15 is 0 Å². The number of ether oxygens (including phenoxy) is 1. The fourth-order valence-electron chi connectivity index (χ4n) is 3.00. The molecule has 1 heterocycles. The van der Waals surface area contributed by atoms with E-state index in [1.807, 2.05) is 0 Å². The van der Waals surface area contributed by atoms with Crippen LogP contribution in [0.15, 0.2) is 0 Å². The summed E-state index contributed by atoms with van der Waals surface area (Å²) in [6.45, 7) is 7.76. The summed E-state index contributed by atoms with van der Waals surface area (Å²) >= 11 is 0. The summed E-state index contributed by atoms with van der Waals surface area (Å²) in [5.41, 5.74) is 0.251. The highest BCUT2D eigenvalue weighted by Gasteiger charge is 2.28. The third-order valence-electron chi connectivity index (χ3n) is 4.39. The molecule has 1 saturated carbocycles. The first-order valence-electron chi connectivity index (χ1n) is 7.01. The van der Waals surface area contributed by atoms with Crippen LogP contribution < -0.4 is 5.32 Å². The minimum atomic E-state index is 0.251. The molecule has 2 fully saturated rings. The van der Waals surface area contributed by atoms with Gasteiger partial charge in [-0.25, -0.2) is 0 Å². The van der Waals surface area contributed by atoms with E-state index in [4.69, 9.17) is 4.74 Å². The molecule has 16 heavy (non-hydrogen) atoms. The molecule has 0 spiro atoms. The Morgan fingerprint density at radius 1 is 1.25 bits per heavy atom. The summed E-state index contributed by atoms with van der Waals surface area (Å²) in [6, 6.07) is 0. The average Bonchev–Trinajstić information content (AvgIpc) is 2.29. The zero-order valence-corrected chi connectivity index (χ0v) is 10.9. The lowest BCUT2D eigenvalue weighted by atomic mass is 9.82. The van der Waals surface area contributed by atoms with Gasteiger partial charge in [-0.1, -0.05) is 19.8 Å².